The van der Waals surface area contributed by atoms with E-state index in [-0.39, 0.29) is 22.4 Å². The monoisotopic (exact) mass is 334 g/mol. The van der Waals surface area contributed by atoms with E-state index in [1.54, 1.807) is 18.2 Å². The molecule has 6 nitrogen and oxygen atoms in total. The van der Waals surface area contributed by atoms with Crippen molar-refractivity contribution in [3.05, 3.63) is 47.0 Å². The lowest BCUT2D eigenvalue weighted by Crippen LogP contribution is -2.48. The maximum Gasteiger partial charge on any atom is 0.307 e. The third-order valence-electron chi connectivity index (χ3n) is 4.46. The van der Waals surface area contributed by atoms with E-state index in [4.69, 9.17) is 11.6 Å². The quantitative estimate of drug-likeness (QED) is 0.578. The minimum absolute atomic E-state index is 0.0988. The van der Waals surface area contributed by atoms with Crippen LogP contribution in [0.2, 0.25) is 5.02 Å². The zero-order chi connectivity index (χ0) is 16.6. The molecule has 1 fully saturated rings. The Morgan fingerprint density at radius 2 is 1.70 bits per heavy atom. The fraction of sp³-hybridized carbons (Fsp3) is 0.312. The number of carboxylic acids is 1. The van der Waals surface area contributed by atoms with Gasteiger partial charge in [0.2, 0.25) is 5.91 Å². The summed E-state index contributed by atoms with van der Waals surface area (Å²) in [4.78, 5) is 35.7. The van der Waals surface area contributed by atoms with E-state index in [9.17, 15) is 19.5 Å². The number of carbonyl (C=O) groups is 3. The van der Waals surface area contributed by atoms with Crippen molar-refractivity contribution in [1.29, 1.82) is 0 Å². The van der Waals surface area contributed by atoms with Gasteiger partial charge < -0.3 is 5.11 Å². The van der Waals surface area contributed by atoms with Gasteiger partial charge in [-0.3, -0.25) is 25.2 Å². The van der Waals surface area contributed by atoms with Crippen LogP contribution in [0.15, 0.2) is 36.4 Å². The molecule has 0 heterocycles. The van der Waals surface area contributed by atoms with E-state index in [2.05, 4.69) is 10.9 Å². The Kier molecular flexibility index (Phi) is 4.09. The molecule has 2 aliphatic rings. The van der Waals surface area contributed by atoms with Crippen LogP contribution in [-0.4, -0.2) is 22.9 Å². The second-order valence-electron chi connectivity index (χ2n) is 5.76. The number of amides is 2. The number of nitrogens with one attached hydrogen (secondary N) is 2. The number of allylic oxidation sites excluding steroid dienone is 2. The molecule has 3 rings (SSSR count). The summed E-state index contributed by atoms with van der Waals surface area (Å²) in [6.45, 7) is 0. The van der Waals surface area contributed by atoms with Crippen molar-refractivity contribution in [3.63, 3.8) is 0 Å². The highest BCUT2D eigenvalue weighted by Gasteiger charge is 2.51. The van der Waals surface area contributed by atoms with Crippen molar-refractivity contribution in [3.8, 4) is 0 Å². The average Bonchev–Trinajstić information content (AvgIpc) is 3.13. The largest absolute Gasteiger partial charge is 0.481 e. The third-order valence-corrected chi connectivity index (χ3v) is 4.79. The van der Waals surface area contributed by atoms with Gasteiger partial charge >= 0.3 is 5.97 Å². The van der Waals surface area contributed by atoms with Gasteiger partial charge in [-0.2, -0.15) is 0 Å². The minimum Gasteiger partial charge on any atom is -0.481 e. The van der Waals surface area contributed by atoms with Crippen molar-refractivity contribution in [2.45, 2.75) is 6.42 Å². The predicted octanol–water partition coefficient (Wildman–Crippen LogP) is 1.62. The fourth-order valence-electron chi connectivity index (χ4n) is 3.43. The molecular formula is C16H15ClN2O4. The molecule has 0 aromatic heterocycles. The van der Waals surface area contributed by atoms with Gasteiger partial charge in [0.1, 0.15) is 0 Å². The van der Waals surface area contributed by atoms with Gasteiger partial charge in [-0.05, 0) is 30.4 Å². The first-order chi connectivity index (χ1) is 11.0. The van der Waals surface area contributed by atoms with Crippen LogP contribution in [0.25, 0.3) is 0 Å². The molecule has 0 unspecified atom stereocenters. The molecule has 1 aromatic rings. The Labute approximate surface area is 137 Å². The standard InChI is InChI=1S/C16H15ClN2O4/c17-11-4-2-1-3-10(11)14(20)18-19-15(21)12-8-5-6-9(7-8)13(12)16(22)23/h1-6,8-9,12-13H,7H2,(H,18,20)(H,19,21)(H,22,23)/t8-,9+,12+,13+/m1/s1. The van der Waals surface area contributed by atoms with Crippen LogP contribution in [0.4, 0.5) is 0 Å². The van der Waals surface area contributed by atoms with Gasteiger partial charge in [0.15, 0.2) is 0 Å². The van der Waals surface area contributed by atoms with Gasteiger partial charge in [-0.15, -0.1) is 0 Å². The van der Waals surface area contributed by atoms with Crippen LogP contribution in [0, 0.1) is 23.7 Å². The summed E-state index contributed by atoms with van der Waals surface area (Å²) >= 11 is 5.92. The van der Waals surface area contributed by atoms with Crippen molar-refractivity contribution in [2.24, 2.45) is 23.7 Å². The molecule has 0 saturated heterocycles. The van der Waals surface area contributed by atoms with Crippen LogP contribution < -0.4 is 10.9 Å². The fourth-order valence-corrected chi connectivity index (χ4v) is 3.65. The zero-order valence-corrected chi connectivity index (χ0v) is 12.8. The molecular weight excluding hydrogens is 320 g/mol. The summed E-state index contributed by atoms with van der Waals surface area (Å²) in [6, 6.07) is 6.45. The SMILES string of the molecule is O=C(NNC(=O)[C@@H]1[C@@H](C(=O)O)[C@H]2C=C[C@@H]1C2)c1ccccc1Cl. The smallest absolute Gasteiger partial charge is 0.307 e. The van der Waals surface area contributed by atoms with Crippen molar-refractivity contribution >= 4 is 29.4 Å². The Hall–Kier alpha value is -2.34. The van der Waals surface area contributed by atoms with E-state index in [1.807, 2.05) is 12.2 Å². The molecule has 120 valence electrons. The number of carboxylic acid groups (broad SMARTS) is 1. The summed E-state index contributed by atoms with van der Waals surface area (Å²) in [5, 5.41) is 9.60. The Balaban J connectivity index is 1.66. The summed E-state index contributed by atoms with van der Waals surface area (Å²) in [6.07, 6.45) is 4.40. The summed E-state index contributed by atoms with van der Waals surface area (Å²) < 4.78 is 0. The third kappa shape index (κ3) is 2.82. The van der Waals surface area contributed by atoms with Gasteiger partial charge in [-0.1, -0.05) is 35.9 Å². The van der Waals surface area contributed by atoms with Crippen LogP contribution in [0.1, 0.15) is 16.8 Å². The normalized spacial score (nSPS) is 27.7. The van der Waals surface area contributed by atoms with Gasteiger partial charge in [0, 0.05) is 0 Å². The molecule has 1 saturated carbocycles. The van der Waals surface area contributed by atoms with Gasteiger partial charge in [-0.25, -0.2) is 0 Å². The molecule has 2 bridgehead atoms. The van der Waals surface area contributed by atoms with Crippen LogP contribution in [-0.2, 0) is 9.59 Å². The van der Waals surface area contributed by atoms with E-state index in [0.717, 1.165) is 0 Å². The average molecular weight is 335 g/mol. The first-order valence-corrected chi connectivity index (χ1v) is 7.62. The molecule has 0 radical (unpaired) electrons. The van der Waals surface area contributed by atoms with Crippen molar-refractivity contribution in [2.75, 3.05) is 0 Å². The maximum atomic E-state index is 12.3. The first-order valence-electron chi connectivity index (χ1n) is 7.25. The van der Waals surface area contributed by atoms with Gasteiger partial charge in [0.25, 0.3) is 5.91 Å². The topological polar surface area (TPSA) is 95.5 Å². The van der Waals surface area contributed by atoms with Crippen molar-refractivity contribution < 1.29 is 19.5 Å². The van der Waals surface area contributed by atoms with E-state index in [0.29, 0.717) is 6.42 Å². The molecule has 0 spiro atoms. The van der Waals surface area contributed by atoms with Gasteiger partial charge in [0.05, 0.1) is 22.4 Å². The number of rotatable bonds is 3. The van der Waals surface area contributed by atoms with Crippen LogP contribution in [0.3, 0.4) is 0 Å². The van der Waals surface area contributed by atoms with E-state index < -0.39 is 29.6 Å². The van der Waals surface area contributed by atoms with E-state index >= 15 is 0 Å². The highest BCUT2D eigenvalue weighted by atomic mass is 35.5. The number of fused-ring (bicyclic) bond motifs is 2. The van der Waals surface area contributed by atoms with E-state index in [1.165, 1.54) is 6.07 Å². The van der Waals surface area contributed by atoms with Crippen LogP contribution >= 0.6 is 11.6 Å². The number of hydrogen-bond acceptors (Lipinski definition) is 3. The number of halogens is 1. The first kappa shape index (κ1) is 15.6. The maximum absolute atomic E-state index is 12.3. The molecule has 7 heteroatoms. The number of hydrogen-bond donors (Lipinski definition) is 3. The Morgan fingerprint density at radius 1 is 1.04 bits per heavy atom. The lowest BCUT2D eigenvalue weighted by molar-refractivity contribution is -0.148. The highest BCUT2D eigenvalue weighted by molar-refractivity contribution is 6.33. The molecule has 3 N–H and O–H groups in total. The summed E-state index contributed by atoms with van der Waals surface area (Å²) in [5.41, 5.74) is 4.85. The molecule has 4 atom stereocenters. The van der Waals surface area contributed by atoms with Crippen LogP contribution in [0.5, 0.6) is 0 Å². The summed E-state index contributed by atoms with van der Waals surface area (Å²) in [5.74, 6) is -3.66. The lowest BCUT2D eigenvalue weighted by Gasteiger charge is -2.23. The predicted molar refractivity (Wildman–Crippen MR) is 82.4 cm³/mol. The Morgan fingerprint density at radius 3 is 2.35 bits per heavy atom. The number of carbonyl (C=O) groups excluding carboxylic acids is 2. The second-order valence-corrected chi connectivity index (χ2v) is 6.17. The zero-order valence-electron chi connectivity index (χ0n) is 12.0. The molecule has 0 aliphatic heterocycles. The minimum atomic E-state index is -0.987. The molecule has 23 heavy (non-hydrogen) atoms. The number of aliphatic carboxylic acids is 1. The molecule has 1 aromatic carbocycles. The molecule has 2 amide bonds. The van der Waals surface area contributed by atoms with Crippen molar-refractivity contribution in [1.82, 2.24) is 10.9 Å². The highest BCUT2D eigenvalue weighted by Crippen LogP contribution is 2.48. The number of benzene rings is 1. The number of hydrazine groups is 1. The second kappa shape index (κ2) is 6.04. The molecule has 2 aliphatic carbocycles. The summed E-state index contributed by atoms with van der Waals surface area (Å²) in [7, 11) is 0. The Bertz CT molecular complexity index is 703. The lowest BCUT2D eigenvalue weighted by atomic mass is 9.82.